The van der Waals surface area contributed by atoms with Crippen molar-refractivity contribution in [3.8, 4) is 5.75 Å². The van der Waals surface area contributed by atoms with Crippen molar-refractivity contribution >= 4 is 17.6 Å². The maximum absolute atomic E-state index is 12.6. The number of benzene rings is 1. The van der Waals surface area contributed by atoms with E-state index in [1.165, 1.54) is 19.1 Å². The van der Waals surface area contributed by atoms with Crippen molar-refractivity contribution < 1.29 is 32.6 Å². The number of alkyl halides is 3. The molecule has 0 bridgehead atoms. The van der Waals surface area contributed by atoms with E-state index in [0.29, 0.717) is 16.9 Å². The Kier molecular flexibility index (Phi) is 6.09. The monoisotopic (exact) mass is 385 g/mol. The molecule has 2 aromatic rings. The van der Waals surface area contributed by atoms with E-state index in [9.17, 15) is 22.8 Å². The van der Waals surface area contributed by atoms with Gasteiger partial charge in [0.15, 0.2) is 6.61 Å². The molecule has 10 heteroatoms. The van der Waals surface area contributed by atoms with Gasteiger partial charge in [-0.2, -0.15) is 18.3 Å². The zero-order valence-corrected chi connectivity index (χ0v) is 14.6. The van der Waals surface area contributed by atoms with Crippen molar-refractivity contribution in [3.05, 3.63) is 41.2 Å². The Balaban J connectivity index is 2.06. The molecule has 1 aromatic carbocycles. The molecule has 0 saturated heterocycles. The van der Waals surface area contributed by atoms with E-state index in [1.54, 1.807) is 19.1 Å². The van der Waals surface area contributed by atoms with Gasteiger partial charge in [-0.25, -0.2) is 4.79 Å². The number of carboxylic acids is 1. The first kappa shape index (κ1) is 20.3. The highest BCUT2D eigenvalue weighted by molar-refractivity contribution is 5.92. The minimum Gasteiger partial charge on any atom is -0.482 e. The highest BCUT2D eigenvalue weighted by Gasteiger charge is 2.30. The van der Waals surface area contributed by atoms with Crippen LogP contribution in [0, 0.1) is 13.8 Å². The van der Waals surface area contributed by atoms with Crippen molar-refractivity contribution in [2.45, 2.75) is 33.0 Å². The smallest absolute Gasteiger partial charge is 0.408 e. The number of ether oxygens (including phenoxy) is 1. The first-order chi connectivity index (χ1) is 12.5. The molecule has 27 heavy (non-hydrogen) atoms. The summed E-state index contributed by atoms with van der Waals surface area (Å²) in [6, 6.07) is 6.14. The molecule has 0 aliphatic carbocycles. The third kappa shape index (κ3) is 6.01. The van der Waals surface area contributed by atoms with Gasteiger partial charge in [0.1, 0.15) is 12.3 Å². The predicted molar refractivity (Wildman–Crippen MR) is 89.7 cm³/mol. The van der Waals surface area contributed by atoms with Crippen LogP contribution in [0.1, 0.15) is 17.0 Å². The van der Waals surface area contributed by atoms with Crippen LogP contribution < -0.4 is 10.1 Å². The number of carboxylic acid groups (broad SMARTS) is 1. The molecule has 0 aliphatic heterocycles. The number of aromatic nitrogens is 2. The summed E-state index contributed by atoms with van der Waals surface area (Å²) in [5, 5.41) is 15.1. The minimum atomic E-state index is -4.40. The fraction of sp³-hybridized carbons (Fsp3) is 0.353. The van der Waals surface area contributed by atoms with Gasteiger partial charge >= 0.3 is 12.1 Å². The van der Waals surface area contributed by atoms with Crippen molar-refractivity contribution in [2.24, 2.45) is 0 Å². The van der Waals surface area contributed by atoms with Gasteiger partial charge < -0.3 is 15.2 Å². The van der Waals surface area contributed by atoms with Crippen LogP contribution in [-0.4, -0.2) is 39.5 Å². The summed E-state index contributed by atoms with van der Waals surface area (Å²) in [7, 11) is 0. The Morgan fingerprint density at radius 2 is 2.00 bits per heavy atom. The van der Waals surface area contributed by atoms with Crippen LogP contribution in [0.15, 0.2) is 24.3 Å². The van der Waals surface area contributed by atoms with Crippen LogP contribution >= 0.6 is 0 Å². The standard InChI is InChI=1S/C17H18F3N3O4/c1-10-14(11(2)23(22-10)9-17(18,19)20)7-15(24)21-12-4-3-5-13(6-12)27-8-16(25)26/h3-6H,7-9H2,1-2H3,(H,21,24)(H,25,26). The summed E-state index contributed by atoms with van der Waals surface area (Å²) in [5.74, 6) is -1.31. The number of carbonyl (C=O) groups is 2. The van der Waals surface area contributed by atoms with E-state index >= 15 is 0 Å². The molecule has 0 spiro atoms. The SMILES string of the molecule is Cc1nn(CC(F)(F)F)c(C)c1CC(=O)Nc1cccc(OCC(=O)O)c1. The van der Waals surface area contributed by atoms with Crippen LogP contribution in [0.25, 0.3) is 0 Å². The summed E-state index contributed by atoms with van der Waals surface area (Å²) >= 11 is 0. The number of nitrogens with zero attached hydrogens (tertiary/aromatic N) is 2. The number of rotatable bonds is 7. The summed E-state index contributed by atoms with van der Waals surface area (Å²) in [4.78, 5) is 22.8. The van der Waals surface area contributed by atoms with Crippen LogP contribution in [0.4, 0.5) is 18.9 Å². The predicted octanol–water partition coefficient (Wildman–Crippen LogP) is 2.71. The minimum absolute atomic E-state index is 0.143. The Morgan fingerprint density at radius 3 is 2.63 bits per heavy atom. The van der Waals surface area contributed by atoms with Crippen molar-refractivity contribution in [1.29, 1.82) is 0 Å². The van der Waals surface area contributed by atoms with Crippen LogP contribution in [-0.2, 0) is 22.6 Å². The molecule has 0 fully saturated rings. The molecule has 1 amide bonds. The van der Waals surface area contributed by atoms with E-state index in [-0.39, 0.29) is 17.9 Å². The molecule has 7 nitrogen and oxygen atoms in total. The second-order valence-corrected chi connectivity index (χ2v) is 5.86. The lowest BCUT2D eigenvalue weighted by atomic mass is 10.1. The molecule has 2 N–H and O–H groups in total. The molecule has 146 valence electrons. The van der Waals surface area contributed by atoms with Gasteiger partial charge in [-0.05, 0) is 26.0 Å². The molecular formula is C17H18F3N3O4. The first-order valence-corrected chi connectivity index (χ1v) is 7.89. The Labute approximate surface area is 152 Å². The second-order valence-electron chi connectivity index (χ2n) is 5.86. The fourth-order valence-electron chi connectivity index (χ4n) is 2.49. The summed E-state index contributed by atoms with van der Waals surface area (Å²) in [6.45, 7) is 1.29. The molecular weight excluding hydrogens is 367 g/mol. The zero-order valence-electron chi connectivity index (χ0n) is 14.6. The van der Waals surface area contributed by atoms with E-state index in [1.807, 2.05) is 0 Å². The number of hydrogen-bond donors (Lipinski definition) is 2. The Bertz CT molecular complexity index is 846. The number of aliphatic carboxylic acids is 1. The van der Waals surface area contributed by atoms with Gasteiger partial charge in [0.2, 0.25) is 5.91 Å². The molecule has 1 heterocycles. The van der Waals surface area contributed by atoms with Gasteiger partial charge in [0, 0.05) is 23.0 Å². The lowest BCUT2D eigenvalue weighted by Gasteiger charge is -2.09. The molecule has 1 aromatic heterocycles. The van der Waals surface area contributed by atoms with Crippen LogP contribution in [0.5, 0.6) is 5.75 Å². The maximum Gasteiger partial charge on any atom is 0.408 e. The van der Waals surface area contributed by atoms with E-state index in [0.717, 1.165) is 4.68 Å². The van der Waals surface area contributed by atoms with E-state index in [2.05, 4.69) is 10.4 Å². The van der Waals surface area contributed by atoms with Crippen molar-refractivity contribution in [3.63, 3.8) is 0 Å². The van der Waals surface area contributed by atoms with Crippen molar-refractivity contribution in [1.82, 2.24) is 9.78 Å². The van der Waals surface area contributed by atoms with Gasteiger partial charge in [-0.1, -0.05) is 6.07 Å². The molecule has 0 radical (unpaired) electrons. The van der Waals surface area contributed by atoms with Gasteiger partial charge in [0.05, 0.1) is 12.1 Å². The number of carbonyl (C=O) groups excluding carboxylic acids is 1. The largest absolute Gasteiger partial charge is 0.482 e. The number of aryl methyl sites for hydroxylation is 1. The van der Waals surface area contributed by atoms with Crippen LogP contribution in [0.2, 0.25) is 0 Å². The lowest BCUT2D eigenvalue weighted by molar-refractivity contribution is -0.143. The topological polar surface area (TPSA) is 93.5 Å². The normalized spacial score (nSPS) is 11.3. The first-order valence-electron chi connectivity index (χ1n) is 7.89. The highest BCUT2D eigenvalue weighted by Crippen LogP contribution is 2.22. The molecule has 0 unspecified atom stereocenters. The number of hydrogen-bond acceptors (Lipinski definition) is 4. The molecule has 0 saturated carbocycles. The Hall–Kier alpha value is -3.04. The number of anilines is 1. The highest BCUT2D eigenvalue weighted by atomic mass is 19.4. The number of amides is 1. The maximum atomic E-state index is 12.6. The third-order valence-corrected chi connectivity index (χ3v) is 3.68. The van der Waals surface area contributed by atoms with Gasteiger partial charge in [-0.15, -0.1) is 0 Å². The lowest BCUT2D eigenvalue weighted by Crippen LogP contribution is -2.20. The summed E-state index contributed by atoms with van der Waals surface area (Å²) in [5.41, 5.74) is 1.43. The quantitative estimate of drug-likeness (QED) is 0.764. The number of nitrogens with one attached hydrogen (secondary N) is 1. The fourth-order valence-corrected chi connectivity index (χ4v) is 2.49. The molecule has 2 rings (SSSR count). The third-order valence-electron chi connectivity index (χ3n) is 3.68. The molecule has 0 aliphatic rings. The number of halogens is 3. The van der Waals surface area contributed by atoms with Crippen LogP contribution in [0.3, 0.4) is 0 Å². The van der Waals surface area contributed by atoms with Gasteiger partial charge in [0.25, 0.3) is 0 Å². The van der Waals surface area contributed by atoms with Crippen molar-refractivity contribution in [2.75, 3.05) is 11.9 Å². The summed E-state index contributed by atoms with van der Waals surface area (Å²) in [6.07, 6.45) is -4.55. The van der Waals surface area contributed by atoms with E-state index in [4.69, 9.17) is 9.84 Å². The summed E-state index contributed by atoms with van der Waals surface area (Å²) < 4.78 is 43.6. The average Bonchev–Trinajstić information content (AvgIpc) is 2.79. The zero-order chi connectivity index (χ0) is 20.2. The average molecular weight is 385 g/mol. The second kappa shape index (κ2) is 8.11. The Morgan fingerprint density at radius 1 is 1.30 bits per heavy atom. The molecule has 0 atom stereocenters. The van der Waals surface area contributed by atoms with E-state index < -0.39 is 31.2 Å². The van der Waals surface area contributed by atoms with Gasteiger partial charge in [-0.3, -0.25) is 9.48 Å².